The molecule has 0 spiro atoms. The normalized spacial score (nSPS) is 11.7. The highest BCUT2D eigenvalue weighted by Crippen LogP contribution is 2.36. The maximum absolute atomic E-state index is 12.8. The van der Waals surface area contributed by atoms with E-state index in [2.05, 4.69) is 10.6 Å². The molecule has 1 aromatic rings. The van der Waals surface area contributed by atoms with Gasteiger partial charge in [0, 0.05) is 18.2 Å². The maximum Gasteiger partial charge on any atom is 0.417 e. The number of hydrogen-bond donors (Lipinski definition) is 2. The zero-order valence-electron chi connectivity index (χ0n) is 15.3. The monoisotopic (exact) mass is 407 g/mol. The fourth-order valence-corrected chi connectivity index (χ4v) is 2.11. The van der Waals surface area contributed by atoms with Gasteiger partial charge in [-0.2, -0.15) is 13.2 Å². The number of likely N-dealkylation sites (N-methyl/N-ethyl adjacent to an activating group) is 1. The van der Waals surface area contributed by atoms with Crippen LogP contribution in [0.1, 0.15) is 26.3 Å². The lowest BCUT2D eigenvalue weighted by atomic mass is 9.96. The molecule has 0 aliphatic heterocycles. The average Bonchev–Trinajstić information content (AvgIpc) is 2.51. The van der Waals surface area contributed by atoms with Gasteiger partial charge in [-0.1, -0.05) is 32.4 Å². The second kappa shape index (κ2) is 8.60. The standard InChI is InChI=1S/C17H21ClF3N3O3/c1-16(2,3)15(27)22-8-14(26)24(4)9-13(25)23-10-5-6-12(18)11(7-10)17(19,20)21/h5-7H,8-9H2,1-4H3,(H,22,27)(H,23,25). The summed E-state index contributed by atoms with van der Waals surface area (Å²) in [5.41, 5.74) is -1.84. The largest absolute Gasteiger partial charge is 0.417 e. The minimum absolute atomic E-state index is 0.0985. The van der Waals surface area contributed by atoms with Crippen molar-refractivity contribution < 1.29 is 27.6 Å². The molecular weight excluding hydrogens is 387 g/mol. The SMILES string of the molecule is CN(CC(=O)Nc1ccc(Cl)c(C(F)(F)F)c1)C(=O)CNC(=O)C(C)(C)C. The van der Waals surface area contributed by atoms with Crippen LogP contribution in [0.15, 0.2) is 18.2 Å². The molecule has 0 fully saturated rings. The number of nitrogens with zero attached hydrogens (tertiary/aromatic N) is 1. The number of anilines is 1. The van der Waals surface area contributed by atoms with Crippen LogP contribution in [0.2, 0.25) is 5.02 Å². The Morgan fingerprint density at radius 1 is 1.15 bits per heavy atom. The van der Waals surface area contributed by atoms with Crippen molar-refractivity contribution in [3.8, 4) is 0 Å². The highest BCUT2D eigenvalue weighted by molar-refractivity contribution is 6.31. The predicted octanol–water partition coefficient (Wildman–Crippen LogP) is 2.92. The molecule has 0 bridgehead atoms. The Morgan fingerprint density at radius 3 is 2.26 bits per heavy atom. The van der Waals surface area contributed by atoms with Gasteiger partial charge in [0.2, 0.25) is 17.7 Å². The lowest BCUT2D eigenvalue weighted by Gasteiger charge is -2.20. The van der Waals surface area contributed by atoms with Crippen LogP contribution in [-0.2, 0) is 20.6 Å². The van der Waals surface area contributed by atoms with E-state index in [0.717, 1.165) is 11.0 Å². The first kappa shape index (κ1) is 22.8. The molecule has 1 aromatic carbocycles. The summed E-state index contributed by atoms with van der Waals surface area (Å²) in [6, 6.07) is 2.96. The number of alkyl halides is 3. The number of carbonyl (C=O) groups is 3. The number of benzene rings is 1. The Balaban J connectivity index is 2.64. The third-order valence-corrected chi connectivity index (χ3v) is 3.77. The van der Waals surface area contributed by atoms with E-state index >= 15 is 0 Å². The molecule has 10 heteroatoms. The summed E-state index contributed by atoms with van der Waals surface area (Å²) in [6.07, 6.45) is -4.66. The van der Waals surface area contributed by atoms with E-state index in [0.29, 0.717) is 6.07 Å². The van der Waals surface area contributed by atoms with Crippen molar-refractivity contribution in [3.63, 3.8) is 0 Å². The molecule has 0 aromatic heterocycles. The molecule has 0 unspecified atom stereocenters. The van der Waals surface area contributed by atoms with E-state index in [1.807, 2.05) is 0 Å². The van der Waals surface area contributed by atoms with E-state index in [-0.39, 0.29) is 18.1 Å². The fourth-order valence-electron chi connectivity index (χ4n) is 1.88. The zero-order valence-corrected chi connectivity index (χ0v) is 16.1. The van der Waals surface area contributed by atoms with Crippen molar-refractivity contribution >= 4 is 35.0 Å². The number of hydrogen-bond acceptors (Lipinski definition) is 3. The Labute approximate surface area is 160 Å². The minimum Gasteiger partial charge on any atom is -0.347 e. The summed E-state index contributed by atoms with van der Waals surface area (Å²) in [5.74, 6) is -1.53. The van der Waals surface area contributed by atoms with Crippen LogP contribution < -0.4 is 10.6 Å². The fraction of sp³-hybridized carbons (Fsp3) is 0.471. The van der Waals surface area contributed by atoms with Gasteiger partial charge in [0.15, 0.2) is 0 Å². The summed E-state index contributed by atoms with van der Waals surface area (Å²) in [6.45, 7) is 4.37. The molecule has 0 saturated carbocycles. The van der Waals surface area contributed by atoms with Gasteiger partial charge in [-0.15, -0.1) is 0 Å². The molecule has 3 amide bonds. The summed E-state index contributed by atoms with van der Waals surface area (Å²) in [7, 11) is 1.34. The van der Waals surface area contributed by atoms with Gasteiger partial charge in [0.05, 0.1) is 23.7 Å². The number of carbonyl (C=O) groups excluding carboxylic acids is 3. The van der Waals surface area contributed by atoms with Crippen molar-refractivity contribution in [2.75, 3.05) is 25.5 Å². The Morgan fingerprint density at radius 2 is 1.74 bits per heavy atom. The molecule has 27 heavy (non-hydrogen) atoms. The second-order valence-corrected chi connectivity index (χ2v) is 7.33. The Bertz CT molecular complexity index is 730. The third kappa shape index (κ3) is 7.09. The molecule has 0 atom stereocenters. The summed E-state index contributed by atoms with van der Waals surface area (Å²) >= 11 is 5.52. The van der Waals surface area contributed by atoms with E-state index in [1.54, 1.807) is 20.8 Å². The third-order valence-electron chi connectivity index (χ3n) is 3.44. The number of amides is 3. The van der Waals surface area contributed by atoms with Gasteiger partial charge in [-0.3, -0.25) is 14.4 Å². The Hall–Kier alpha value is -2.29. The molecule has 0 aliphatic carbocycles. The molecule has 0 radical (unpaired) electrons. The second-order valence-electron chi connectivity index (χ2n) is 6.92. The van der Waals surface area contributed by atoms with Gasteiger partial charge in [-0.05, 0) is 18.2 Å². The van der Waals surface area contributed by atoms with Crippen LogP contribution in [0.4, 0.5) is 18.9 Å². The number of halogens is 4. The molecule has 6 nitrogen and oxygen atoms in total. The molecule has 0 aliphatic rings. The molecule has 0 saturated heterocycles. The smallest absolute Gasteiger partial charge is 0.347 e. The average molecular weight is 408 g/mol. The van der Waals surface area contributed by atoms with Crippen molar-refractivity contribution in [2.24, 2.45) is 5.41 Å². The van der Waals surface area contributed by atoms with Gasteiger partial charge >= 0.3 is 6.18 Å². The molecule has 1 rings (SSSR count). The van der Waals surface area contributed by atoms with E-state index in [4.69, 9.17) is 11.6 Å². The van der Waals surface area contributed by atoms with Gasteiger partial charge in [0.1, 0.15) is 0 Å². The van der Waals surface area contributed by atoms with Crippen LogP contribution in [0.5, 0.6) is 0 Å². The molecular formula is C17H21ClF3N3O3. The number of nitrogens with one attached hydrogen (secondary N) is 2. The van der Waals surface area contributed by atoms with E-state index in [1.165, 1.54) is 13.1 Å². The van der Waals surface area contributed by atoms with Crippen LogP contribution in [0.25, 0.3) is 0 Å². The maximum atomic E-state index is 12.8. The molecule has 2 N–H and O–H groups in total. The first-order valence-corrected chi connectivity index (χ1v) is 8.28. The van der Waals surface area contributed by atoms with Crippen LogP contribution in [0, 0.1) is 5.41 Å². The molecule has 0 heterocycles. The van der Waals surface area contributed by atoms with Crippen molar-refractivity contribution in [3.05, 3.63) is 28.8 Å². The van der Waals surface area contributed by atoms with Crippen LogP contribution in [0.3, 0.4) is 0 Å². The first-order chi connectivity index (χ1) is 12.2. The van der Waals surface area contributed by atoms with Crippen molar-refractivity contribution in [1.82, 2.24) is 10.2 Å². The van der Waals surface area contributed by atoms with Crippen LogP contribution >= 0.6 is 11.6 Å². The number of rotatable bonds is 5. The summed E-state index contributed by atoms with van der Waals surface area (Å²) < 4.78 is 38.5. The van der Waals surface area contributed by atoms with Gasteiger partial charge in [-0.25, -0.2) is 0 Å². The lowest BCUT2D eigenvalue weighted by Crippen LogP contribution is -2.44. The minimum atomic E-state index is -4.66. The van der Waals surface area contributed by atoms with Gasteiger partial charge in [0.25, 0.3) is 0 Å². The lowest BCUT2D eigenvalue weighted by molar-refractivity contribution is -0.137. The topological polar surface area (TPSA) is 78.5 Å². The first-order valence-electron chi connectivity index (χ1n) is 7.90. The predicted molar refractivity (Wildman–Crippen MR) is 95.2 cm³/mol. The highest BCUT2D eigenvalue weighted by atomic mass is 35.5. The quantitative estimate of drug-likeness (QED) is 0.787. The summed E-state index contributed by atoms with van der Waals surface area (Å²) in [5, 5.41) is 4.25. The Kier molecular flexibility index (Phi) is 7.25. The molecule has 150 valence electrons. The van der Waals surface area contributed by atoms with E-state index < -0.39 is 40.5 Å². The zero-order chi connectivity index (χ0) is 21.0. The van der Waals surface area contributed by atoms with Crippen molar-refractivity contribution in [2.45, 2.75) is 26.9 Å². The highest BCUT2D eigenvalue weighted by Gasteiger charge is 2.33. The van der Waals surface area contributed by atoms with Crippen molar-refractivity contribution in [1.29, 1.82) is 0 Å². The van der Waals surface area contributed by atoms with Crippen LogP contribution in [-0.4, -0.2) is 42.8 Å². The summed E-state index contributed by atoms with van der Waals surface area (Å²) in [4.78, 5) is 36.7. The van der Waals surface area contributed by atoms with Gasteiger partial charge < -0.3 is 15.5 Å². The van der Waals surface area contributed by atoms with E-state index in [9.17, 15) is 27.6 Å².